The van der Waals surface area contributed by atoms with E-state index in [1.165, 1.54) is 0 Å². The van der Waals surface area contributed by atoms with Crippen molar-refractivity contribution >= 4 is 23.2 Å². The van der Waals surface area contributed by atoms with Crippen LogP contribution in [0.15, 0.2) is 36.4 Å². The van der Waals surface area contributed by atoms with Gasteiger partial charge < -0.3 is 30.1 Å². The molecule has 2 amide bonds. The molecule has 2 aromatic carbocycles. The fraction of sp³-hybridized carbons (Fsp3) is 0.433. The highest BCUT2D eigenvalue weighted by atomic mass is 16.3. The van der Waals surface area contributed by atoms with Gasteiger partial charge in [-0.1, -0.05) is 24.3 Å². The van der Waals surface area contributed by atoms with E-state index in [0.717, 1.165) is 83.9 Å². The average molecular weight is 529 g/mol. The summed E-state index contributed by atoms with van der Waals surface area (Å²) in [5, 5.41) is 16.2. The molecule has 6 rings (SSSR count). The Balaban J connectivity index is 1.22. The van der Waals surface area contributed by atoms with Crippen LogP contribution in [0.3, 0.4) is 0 Å². The number of carbonyl (C=O) groups is 2. The summed E-state index contributed by atoms with van der Waals surface area (Å²) in [7, 11) is 1.93. The third kappa shape index (κ3) is 4.86. The zero-order chi connectivity index (χ0) is 27.1. The number of rotatable bonds is 6. The number of amides is 2. The molecule has 0 spiro atoms. The van der Waals surface area contributed by atoms with Gasteiger partial charge in [0.15, 0.2) is 5.82 Å². The smallest absolute Gasteiger partial charge is 0.294 e. The Hall–Kier alpha value is -3.53. The second kappa shape index (κ2) is 10.6. The second-order valence-corrected chi connectivity index (χ2v) is 10.8. The van der Waals surface area contributed by atoms with Crippen LogP contribution in [0, 0.1) is 6.92 Å². The van der Waals surface area contributed by atoms with Gasteiger partial charge in [-0.25, -0.2) is 4.98 Å². The third-order valence-electron chi connectivity index (χ3n) is 8.39. The van der Waals surface area contributed by atoms with Crippen molar-refractivity contribution in [3.05, 3.63) is 64.7 Å². The molecule has 3 aliphatic heterocycles. The standard InChI is InChI=1S/C30H36N6O3/c1-19-21(5-3-7-24(19)32-28(38)12-15-35-14-10-20(37)18-35)22-6-4-8-26-23(22)11-16-36(26)30(39)29-33-25-9-13-31-17-27(25)34(29)2/h3-8,20,31,37H,9-18H2,1-2H3,(H,32,38). The maximum Gasteiger partial charge on any atom is 0.294 e. The number of hydrogen-bond donors (Lipinski definition) is 3. The van der Waals surface area contributed by atoms with Gasteiger partial charge >= 0.3 is 0 Å². The molecule has 1 fully saturated rings. The van der Waals surface area contributed by atoms with E-state index in [0.29, 0.717) is 31.9 Å². The van der Waals surface area contributed by atoms with Crippen LogP contribution in [0.25, 0.3) is 11.1 Å². The highest BCUT2D eigenvalue weighted by Gasteiger charge is 2.32. The quantitative estimate of drug-likeness (QED) is 0.455. The third-order valence-corrected chi connectivity index (χ3v) is 8.39. The fourth-order valence-electron chi connectivity index (χ4n) is 6.18. The van der Waals surface area contributed by atoms with Crippen molar-refractivity contribution in [1.82, 2.24) is 19.8 Å². The van der Waals surface area contributed by atoms with Crippen LogP contribution in [-0.4, -0.2) is 70.2 Å². The van der Waals surface area contributed by atoms with E-state index in [1.807, 2.05) is 47.7 Å². The van der Waals surface area contributed by atoms with Crippen molar-refractivity contribution in [2.24, 2.45) is 7.05 Å². The molecule has 4 heterocycles. The number of hydrogen-bond acceptors (Lipinski definition) is 6. The first-order chi connectivity index (χ1) is 18.9. The van der Waals surface area contributed by atoms with E-state index in [-0.39, 0.29) is 17.9 Å². The summed E-state index contributed by atoms with van der Waals surface area (Å²) >= 11 is 0. The van der Waals surface area contributed by atoms with Gasteiger partial charge in [0.1, 0.15) is 0 Å². The molecule has 1 saturated heterocycles. The van der Waals surface area contributed by atoms with E-state index in [9.17, 15) is 14.7 Å². The number of anilines is 2. The number of carbonyl (C=O) groups excluding carboxylic acids is 2. The first-order valence-electron chi connectivity index (χ1n) is 13.9. The number of aliphatic hydroxyl groups excluding tert-OH is 1. The van der Waals surface area contributed by atoms with Crippen molar-refractivity contribution < 1.29 is 14.7 Å². The van der Waals surface area contributed by atoms with E-state index in [4.69, 9.17) is 4.98 Å². The number of nitrogens with zero attached hydrogens (tertiary/aromatic N) is 4. The normalized spacial score (nSPS) is 18.7. The van der Waals surface area contributed by atoms with Crippen molar-refractivity contribution in [1.29, 1.82) is 0 Å². The maximum atomic E-state index is 13.7. The first kappa shape index (κ1) is 25.7. The molecule has 0 saturated carbocycles. The minimum absolute atomic E-state index is 0.0281. The van der Waals surface area contributed by atoms with E-state index < -0.39 is 0 Å². The molecule has 0 radical (unpaired) electrons. The average Bonchev–Trinajstić information content (AvgIpc) is 3.65. The Morgan fingerprint density at radius 2 is 1.95 bits per heavy atom. The zero-order valence-electron chi connectivity index (χ0n) is 22.7. The molecule has 0 bridgehead atoms. The summed E-state index contributed by atoms with van der Waals surface area (Å²) in [6.07, 6.45) is 2.48. The Kier molecular flexibility index (Phi) is 6.97. The number of benzene rings is 2. The minimum Gasteiger partial charge on any atom is -0.392 e. The molecule has 1 unspecified atom stereocenters. The van der Waals surface area contributed by atoms with E-state index >= 15 is 0 Å². The summed E-state index contributed by atoms with van der Waals surface area (Å²) in [4.78, 5) is 35.1. The number of aromatic nitrogens is 2. The molecule has 39 heavy (non-hydrogen) atoms. The Morgan fingerprint density at radius 1 is 1.13 bits per heavy atom. The van der Waals surface area contributed by atoms with Crippen LogP contribution in [0.4, 0.5) is 11.4 Å². The predicted octanol–water partition coefficient (Wildman–Crippen LogP) is 2.64. The largest absolute Gasteiger partial charge is 0.392 e. The molecule has 1 atom stereocenters. The van der Waals surface area contributed by atoms with Gasteiger partial charge in [-0.3, -0.25) is 9.59 Å². The van der Waals surface area contributed by atoms with E-state index in [1.54, 1.807) is 0 Å². The molecule has 204 valence electrons. The monoisotopic (exact) mass is 528 g/mol. The molecule has 9 nitrogen and oxygen atoms in total. The number of aliphatic hydroxyl groups is 1. The zero-order valence-corrected chi connectivity index (χ0v) is 22.7. The van der Waals surface area contributed by atoms with Gasteiger partial charge in [-0.15, -0.1) is 0 Å². The lowest BCUT2D eigenvalue weighted by molar-refractivity contribution is -0.116. The van der Waals surface area contributed by atoms with Gasteiger partial charge in [-0.05, 0) is 54.2 Å². The first-order valence-corrected chi connectivity index (χ1v) is 13.9. The van der Waals surface area contributed by atoms with Gasteiger partial charge in [-0.2, -0.15) is 0 Å². The van der Waals surface area contributed by atoms with Crippen LogP contribution in [0.5, 0.6) is 0 Å². The predicted molar refractivity (Wildman–Crippen MR) is 151 cm³/mol. The SMILES string of the molecule is Cc1c(NC(=O)CCN2CCC(O)C2)cccc1-c1cccc2c1CCN2C(=O)c1nc2c(n1C)CNCC2. The summed E-state index contributed by atoms with van der Waals surface area (Å²) in [5.41, 5.74) is 8.12. The summed E-state index contributed by atoms with van der Waals surface area (Å²) in [6, 6.07) is 12.1. The van der Waals surface area contributed by atoms with Crippen LogP contribution >= 0.6 is 0 Å². The number of β-amino-alcohol motifs (C(OH)–C–C–N with tert-alkyl or cyclic N) is 1. The fourth-order valence-corrected chi connectivity index (χ4v) is 6.18. The topological polar surface area (TPSA) is 103 Å². The number of imidazole rings is 1. The number of likely N-dealkylation sites (tertiary alicyclic amines) is 1. The van der Waals surface area contributed by atoms with Crippen LogP contribution < -0.4 is 15.5 Å². The van der Waals surface area contributed by atoms with Crippen LogP contribution in [-0.2, 0) is 31.2 Å². The molecular formula is C30H36N6O3. The summed E-state index contributed by atoms with van der Waals surface area (Å²) in [6.45, 7) is 6.39. The van der Waals surface area contributed by atoms with Gasteiger partial charge in [0.05, 0.1) is 17.5 Å². The van der Waals surface area contributed by atoms with E-state index in [2.05, 4.69) is 27.7 Å². The van der Waals surface area contributed by atoms with Gasteiger partial charge in [0.25, 0.3) is 5.91 Å². The molecular weight excluding hydrogens is 492 g/mol. The second-order valence-electron chi connectivity index (χ2n) is 10.8. The summed E-state index contributed by atoms with van der Waals surface area (Å²) < 4.78 is 1.94. The summed E-state index contributed by atoms with van der Waals surface area (Å²) in [5.74, 6) is 0.400. The van der Waals surface area contributed by atoms with Crippen molar-refractivity contribution in [3.8, 4) is 11.1 Å². The Morgan fingerprint density at radius 3 is 2.74 bits per heavy atom. The number of nitrogens with one attached hydrogen (secondary N) is 2. The van der Waals surface area contributed by atoms with Crippen LogP contribution in [0.2, 0.25) is 0 Å². The lowest BCUT2D eigenvalue weighted by Crippen LogP contribution is -2.31. The lowest BCUT2D eigenvalue weighted by atomic mass is 9.93. The van der Waals surface area contributed by atoms with Crippen molar-refractivity contribution in [2.75, 3.05) is 42.9 Å². The molecule has 1 aromatic heterocycles. The van der Waals surface area contributed by atoms with Gasteiger partial charge in [0.2, 0.25) is 5.91 Å². The molecule has 3 aromatic rings. The van der Waals surface area contributed by atoms with Crippen molar-refractivity contribution in [2.45, 2.75) is 45.3 Å². The highest BCUT2D eigenvalue weighted by molar-refractivity contribution is 6.06. The molecule has 3 N–H and O–H groups in total. The highest BCUT2D eigenvalue weighted by Crippen LogP contribution is 2.39. The maximum absolute atomic E-state index is 13.7. The Bertz CT molecular complexity index is 1430. The van der Waals surface area contributed by atoms with Crippen molar-refractivity contribution in [3.63, 3.8) is 0 Å². The molecule has 9 heteroatoms. The molecule has 3 aliphatic rings. The van der Waals surface area contributed by atoms with Gasteiger partial charge in [0, 0.05) is 70.5 Å². The number of fused-ring (bicyclic) bond motifs is 2. The molecule has 0 aliphatic carbocycles. The Labute approximate surface area is 228 Å². The minimum atomic E-state index is -0.280. The lowest BCUT2D eigenvalue weighted by Gasteiger charge is -2.19. The van der Waals surface area contributed by atoms with Crippen LogP contribution in [0.1, 0.15) is 46.0 Å².